The van der Waals surface area contributed by atoms with E-state index in [1.54, 1.807) is 23.9 Å². The predicted octanol–water partition coefficient (Wildman–Crippen LogP) is 1.49. The molecule has 0 bridgehead atoms. The number of piperidine rings is 1. The Kier molecular flexibility index (Phi) is 4.67. The van der Waals surface area contributed by atoms with E-state index in [9.17, 15) is 9.59 Å². The summed E-state index contributed by atoms with van der Waals surface area (Å²) in [5.41, 5.74) is -0.248. The number of hydrogen-bond acceptors (Lipinski definition) is 4. The molecule has 2 aliphatic heterocycles. The van der Waals surface area contributed by atoms with Crippen LogP contribution >= 0.6 is 0 Å². The molecule has 0 atom stereocenters. The maximum Gasteiger partial charge on any atom is 0.241 e. The van der Waals surface area contributed by atoms with Crippen LogP contribution in [0.25, 0.3) is 0 Å². The second kappa shape index (κ2) is 6.59. The van der Waals surface area contributed by atoms with Gasteiger partial charge in [-0.3, -0.25) is 14.5 Å². The number of amides is 2. The third-order valence-corrected chi connectivity index (χ3v) is 5.41. The molecule has 2 aliphatic rings. The number of aryl methyl sites for hydroxylation is 1. The molecule has 1 aromatic rings. The minimum absolute atomic E-state index is 0.00831. The number of furan rings is 1. The van der Waals surface area contributed by atoms with Crippen molar-refractivity contribution >= 4 is 11.8 Å². The van der Waals surface area contributed by atoms with Gasteiger partial charge >= 0.3 is 0 Å². The number of carbonyl (C=O) groups is 2. The topological polar surface area (TPSA) is 57.0 Å². The average Bonchev–Trinajstić information content (AvgIpc) is 3.08. The van der Waals surface area contributed by atoms with Crippen LogP contribution < -0.4 is 0 Å². The van der Waals surface area contributed by atoms with Gasteiger partial charge in [-0.15, -0.1) is 0 Å². The monoisotopic (exact) mass is 333 g/mol. The van der Waals surface area contributed by atoms with E-state index in [2.05, 4.69) is 4.90 Å². The molecule has 3 rings (SSSR count). The molecular weight excluding hydrogens is 306 g/mol. The normalized spacial score (nSPS) is 20.8. The number of rotatable bonds is 4. The molecule has 1 aromatic heterocycles. The summed E-state index contributed by atoms with van der Waals surface area (Å²) in [5.74, 6) is 2.09. The lowest BCUT2D eigenvalue weighted by atomic mass is 9.77. The van der Waals surface area contributed by atoms with Crippen LogP contribution in [0.15, 0.2) is 16.5 Å². The van der Waals surface area contributed by atoms with E-state index in [1.165, 1.54) is 0 Å². The predicted molar refractivity (Wildman–Crippen MR) is 90.3 cm³/mol. The zero-order valence-electron chi connectivity index (χ0n) is 14.9. The molecule has 24 heavy (non-hydrogen) atoms. The highest BCUT2D eigenvalue weighted by molar-refractivity contribution is 5.89. The standard InChI is InChI=1S/C18H27N3O3/c1-14-4-5-15(24-14)12-20-9-6-18(7-10-20)8-11-21(17(18)23)13-16(22)19(2)3/h4-5H,6-13H2,1-3H3. The Hall–Kier alpha value is -1.82. The fourth-order valence-electron chi connectivity index (χ4n) is 3.74. The largest absolute Gasteiger partial charge is 0.465 e. The number of nitrogens with zero attached hydrogens (tertiary/aromatic N) is 3. The van der Waals surface area contributed by atoms with Gasteiger partial charge < -0.3 is 14.2 Å². The van der Waals surface area contributed by atoms with Gasteiger partial charge in [0.05, 0.1) is 18.5 Å². The molecule has 1 spiro atoms. The van der Waals surface area contributed by atoms with Gasteiger partial charge in [0.15, 0.2) is 0 Å². The van der Waals surface area contributed by atoms with Crippen LogP contribution in [0.5, 0.6) is 0 Å². The highest BCUT2D eigenvalue weighted by Crippen LogP contribution is 2.41. The lowest BCUT2D eigenvalue weighted by Crippen LogP contribution is -2.46. The van der Waals surface area contributed by atoms with Gasteiger partial charge in [-0.05, 0) is 51.4 Å². The fraction of sp³-hybridized carbons (Fsp3) is 0.667. The van der Waals surface area contributed by atoms with E-state index in [1.807, 2.05) is 19.1 Å². The first-order valence-corrected chi connectivity index (χ1v) is 8.67. The van der Waals surface area contributed by atoms with Gasteiger partial charge in [0, 0.05) is 20.6 Å². The summed E-state index contributed by atoms with van der Waals surface area (Å²) in [7, 11) is 3.46. The molecule has 0 aliphatic carbocycles. The molecule has 132 valence electrons. The second-order valence-corrected chi connectivity index (χ2v) is 7.33. The fourth-order valence-corrected chi connectivity index (χ4v) is 3.74. The van der Waals surface area contributed by atoms with Crippen molar-refractivity contribution in [3.8, 4) is 0 Å². The first-order valence-electron chi connectivity index (χ1n) is 8.67. The molecule has 2 amide bonds. The molecule has 0 radical (unpaired) electrons. The summed E-state index contributed by atoms with van der Waals surface area (Å²) in [5, 5.41) is 0. The van der Waals surface area contributed by atoms with Crippen molar-refractivity contribution in [1.82, 2.24) is 14.7 Å². The van der Waals surface area contributed by atoms with Gasteiger partial charge in [-0.1, -0.05) is 0 Å². The molecule has 0 saturated carbocycles. The average molecular weight is 333 g/mol. The van der Waals surface area contributed by atoms with Crippen molar-refractivity contribution in [2.24, 2.45) is 5.41 Å². The molecular formula is C18H27N3O3. The lowest BCUT2D eigenvalue weighted by molar-refractivity contribution is -0.143. The molecule has 0 aromatic carbocycles. The maximum atomic E-state index is 12.8. The van der Waals surface area contributed by atoms with Crippen molar-refractivity contribution in [2.45, 2.75) is 32.7 Å². The van der Waals surface area contributed by atoms with E-state index in [0.717, 1.165) is 50.4 Å². The summed E-state index contributed by atoms with van der Waals surface area (Å²) in [4.78, 5) is 30.4. The van der Waals surface area contributed by atoms with E-state index in [0.29, 0.717) is 6.54 Å². The van der Waals surface area contributed by atoms with Crippen molar-refractivity contribution in [1.29, 1.82) is 0 Å². The van der Waals surface area contributed by atoms with Crippen LogP contribution in [-0.2, 0) is 16.1 Å². The van der Waals surface area contributed by atoms with Crippen LogP contribution in [0, 0.1) is 12.3 Å². The smallest absolute Gasteiger partial charge is 0.241 e. The van der Waals surface area contributed by atoms with Crippen LogP contribution in [0.3, 0.4) is 0 Å². The number of likely N-dealkylation sites (tertiary alicyclic amines) is 2. The number of carbonyl (C=O) groups excluding carboxylic acids is 2. The first-order chi connectivity index (χ1) is 11.4. The molecule has 3 heterocycles. The summed E-state index contributed by atoms with van der Waals surface area (Å²) >= 11 is 0. The van der Waals surface area contributed by atoms with Gasteiger partial charge in [0.1, 0.15) is 11.5 Å². The van der Waals surface area contributed by atoms with Crippen LogP contribution in [0.2, 0.25) is 0 Å². The van der Waals surface area contributed by atoms with E-state index in [4.69, 9.17) is 4.42 Å². The summed E-state index contributed by atoms with van der Waals surface area (Å²) < 4.78 is 5.65. The number of hydrogen-bond donors (Lipinski definition) is 0. The molecule has 6 heteroatoms. The van der Waals surface area contributed by atoms with E-state index >= 15 is 0 Å². The lowest BCUT2D eigenvalue weighted by Gasteiger charge is -2.37. The first kappa shape index (κ1) is 17.0. The van der Waals surface area contributed by atoms with E-state index in [-0.39, 0.29) is 23.8 Å². The highest BCUT2D eigenvalue weighted by atomic mass is 16.3. The zero-order valence-corrected chi connectivity index (χ0v) is 14.9. The maximum absolute atomic E-state index is 12.8. The minimum Gasteiger partial charge on any atom is -0.465 e. The second-order valence-electron chi connectivity index (χ2n) is 7.33. The molecule has 2 fully saturated rings. The molecule has 0 N–H and O–H groups in total. The summed E-state index contributed by atoms with van der Waals surface area (Å²) in [6.45, 7) is 5.48. The van der Waals surface area contributed by atoms with Crippen LogP contribution in [0.1, 0.15) is 30.8 Å². The van der Waals surface area contributed by atoms with Crippen molar-refractivity contribution < 1.29 is 14.0 Å². The molecule has 0 unspecified atom stereocenters. The molecule has 2 saturated heterocycles. The van der Waals surface area contributed by atoms with Crippen molar-refractivity contribution in [3.05, 3.63) is 23.7 Å². The van der Waals surface area contributed by atoms with Gasteiger partial charge in [0.2, 0.25) is 11.8 Å². The van der Waals surface area contributed by atoms with Gasteiger partial charge in [-0.2, -0.15) is 0 Å². The summed E-state index contributed by atoms with van der Waals surface area (Å²) in [6, 6.07) is 4.01. The zero-order chi connectivity index (χ0) is 17.3. The van der Waals surface area contributed by atoms with Crippen molar-refractivity contribution in [2.75, 3.05) is 40.3 Å². The minimum atomic E-state index is -0.248. The van der Waals surface area contributed by atoms with Gasteiger partial charge in [-0.25, -0.2) is 0 Å². The van der Waals surface area contributed by atoms with Gasteiger partial charge in [0.25, 0.3) is 0 Å². The summed E-state index contributed by atoms with van der Waals surface area (Å²) in [6.07, 6.45) is 2.62. The Morgan fingerprint density at radius 2 is 1.88 bits per heavy atom. The number of likely N-dealkylation sites (N-methyl/N-ethyl adjacent to an activating group) is 1. The quantitative estimate of drug-likeness (QED) is 0.838. The van der Waals surface area contributed by atoms with Crippen LogP contribution in [0.4, 0.5) is 0 Å². The Balaban J connectivity index is 1.55. The Morgan fingerprint density at radius 3 is 2.46 bits per heavy atom. The third kappa shape index (κ3) is 3.34. The van der Waals surface area contributed by atoms with Crippen LogP contribution in [-0.4, -0.2) is 66.8 Å². The SMILES string of the molecule is Cc1ccc(CN2CCC3(CC2)CCN(CC(=O)N(C)C)C3=O)o1. The van der Waals surface area contributed by atoms with Crippen molar-refractivity contribution in [3.63, 3.8) is 0 Å². The Morgan fingerprint density at radius 1 is 1.21 bits per heavy atom. The highest BCUT2D eigenvalue weighted by Gasteiger charge is 2.48. The third-order valence-electron chi connectivity index (χ3n) is 5.41. The van der Waals surface area contributed by atoms with E-state index < -0.39 is 0 Å². The Bertz CT molecular complexity index is 615. The molecule has 6 nitrogen and oxygen atoms in total. The Labute approximate surface area is 143 Å².